The highest BCUT2D eigenvalue weighted by molar-refractivity contribution is 7.07. The number of hydrogen-bond donors (Lipinski definition) is 0. The van der Waals surface area contributed by atoms with Crippen LogP contribution in [0.15, 0.2) is 12.1 Å². The van der Waals surface area contributed by atoms with E-state index in [4.69, 9.17) is 34.8 Å². The highest BCUT2D eigenvalue weighted by atomic mass is 35.5. The molecule has 1 aromatic heterocycles. The highest BCUT2D eigenvalue weighted by Crippen LogP contribution is 2.45. The minimum atomic E-state index is -4.67. The van der Waals surface area contributed by atoms with Crippen LogP contribution in [0.4, 0.5) is 18.9 Å². The number of benzene rings is 1. The first-order valence-corrected chi connectivity index (χ1v) is 6.89. The van der Waals surface area contributed by atoms with E-state index in [2.05, 4.69) is 4.37 Å². The van der Waals surface area contributed by atoms with Crippen LogP contribution in [0.2, 0.25) is 15.1 Å². The summed E-state index contributed by atoms with van der Waals surface area (Å²) in [6, 6.07) is 1.99. The van der Waals surface area contributed by atoms with Gasteiger partial charge in [-0.15, -0.1) is 0 Å². The van der Waals surface area contributed by atoms with Crippen molar-refractivity contribution in [2.24, 2.45) is 0 Å². The fourth-order valence-electron chi connectivity index (χ4n) is 1.48. The molecule has 112 valence electrons. The van der Waals surface area contributed by atoms with Crippen LogP contribution < -0.4 is 0 Å². The topological polar surface area (TPSA) is 56.0 Å². The van der Waals surface area contributed by atoms with Crippen LogP contribution in [0, 0.1) is 10.1 Å². The quantitative estimate of drug-likeness (QED) is 0.498. The molecule has 0 atom stereocenters. The van der Waals surface area contributed by atoms with Gasteiger partial charge >= 0.3 is 6.18 Å². The van der Waals surface area contributed by atoms with Gasteiger partial charge in [0.25, 0.3) is 5.69 Å². The third-order valence-electron chi connectivity index (χ3n) is 2.38. The molecule has 0 bridgehead atoms. The fraction of sp³-hybridized carbons (Fsp3) is 0.100. The first-order valence-electron chi connectivity index (χ1n) is 4.99. The summed E-state index contributed by atoms with van der Waals surface area (Å²) in [4.78, 5) is 8.92. The predicted octanol–water partition coefficient (Wildman–Crippen LogP) is 5.70. The lowest BCUT2D eigenvalue weighted by Crippen LogP contribution is -2.02. The number of nitrogens with zero attached hydrogens (tertiary/aromatic N) is 2. The molecule has 0 unspecified atom stereocenters. The van der Waals surface area contributed by atoms with Crippen LogP contribution in [0.25, 0.3) is 11.3 Å². The minimum Gasteiger partial charge on any atom is -0.258 e. The monoisotopic (exact) mass is 376 g/mol. The summed E-state index contributed by atoms with van der Waals surface area (Å²) in [6.45, 7) is 0. The van der Waals surface area contributed by atoms with Crippen LogP contribution >= 0.6 is 46.3 Å². The van der Waals surface area contributed by atoms with Gasteiger partial charge in [-0.05, 0) is 17.6 Å². The standard InChI is InChI=1S/C10H2Cl3F3N2O2S/c11-4-2-5(12)6(18(19)20)1-3(4)8-7(13)9(21-17-8)10(14,15)16/h1-2H. The highest BCUT2D eigenvalue weighted by Gasteiger charge is 2.38. The van der Waals surface area contributed by atoms with Gasteiger partial charge < -0.3 is 0 Å². The van der Waals surface area contributed by atoms with Crippen molar-refractivity contribution in [3.8, 4) is 11.3 Å². The number of rotatable bonds is 2. The summed E-state index contributed by atoms with van der Waals surface area (Å²) in [7, 11) is 0. The van der Waals surface area contributed by atoms with Crippen LogP contribution in [0.3, 0.4) is 0 Å². The zero-order chi connectivity index (χ0) is 15.9. The first-order chi connectivity index (χ1) is 9.62. The van der Waals surface area contributed by atoms with E-state index in [0.717, 1.165) is 12.1 Å². The molecule has 2 aromatic rings. The number of nitro groups is 1. The van der Waals surface area contributed by atoms with Gasteiger partial charge in [0, 0.05) is 11.6 Å². The molecular weight excluding hydrogens is 376 g/mol. The molecule has 0 amide bonds. The Morgan fingerprint density at radius 3 is 2.29 bits per heavy atom. The van der Waals surface area contributed by atoms with E-state index in [1.807, 2.05) is 0 Å². The van der Waals surface area contributed by atoms with Crippen molar-refractivity contribution < 1.29 is 18.1 Å². The Bertz CT molecular complexity index is 733. The first kappa shape index (κ1) is 16.3. The number of hydrogen-bond acceptors (Lipinski definition) is 4. The van der Waals surface area contributed by atoms with Crippen molar-refractivity contribution in [2.75, 3.05) is 0 Å². The molecule has 0 radical (unpaired) electrons. The normalized spacial score (nSPS) is 11.7. The van der Waals surface area contributed by atoms with Crippen LogP contribution in [-0.4, -0.2) is 9.30 Å². The molecule has 0 saturated carbocycles. The Hall–Kier alpha value is -1.09. The number of halogens is 6. The van der Waals surface area contributed by atoms with Crippen molar-refractivity contribution in [3.05, 3.63) is 42.2 Å². The molecule has 0 aliphatic rings. The second kappa shape index (κ2) is 5.60. The molecule has 0 spiro atoms. The fourth-order valence-corrected chi connectivity index (χ4v) is 3.08. The van der Waals surface area contributed by atoms with E-state index in [0.29, 0.717) is 0 Å². The summed E-state index contributed by atoms with van der Waals surface area (Å²) in [6.07, 6.45) is -4.67. The SMILES string of the molecule is O=[N+]([O-])c1cc(-c2nsc(C(F)(F)F)c2Cl)c(Cl)cc1Cl. The van der Waals surface area contributed by atoms with E-state index in [9.17, 15) is 23.3 Å². The third kappa shape index (κ3) is 3.08. The van der Waals surface area contributed by atoms with Crippen molar-refractivity contribution in [1.29, 1.82) is 0 Å². The van der Waals surface area contributed by atoms with Gasteiger partial charge in [0.1, 0.15) is 15.6 Å². The minimum absolute atomic E-state index is 0.0912. The Morgan fingerprint density at radius 1 is 1.19 bits per heavy atom. The second-order valence-electron chi connectivity index (χ2n) is 3.71. The van der Waals surface area contributed by atoms with Gasteiger partial charge in [-0.3, -0.25) is 10.1 Å². The van der Waals surface area contributed by atoms with E-state index in [-0.39, 0.29) is 32.8 Å². The van der Waals surface area contributed by atoms with Crippen molar-refractivity contribution in [3.63, 3.8) is 0 Å². The Morgan fingerprint density at radius 2 is 1.81 bits per heavy atom. The average Bonchev–Trinajstić information content (AvgIpc) is 2.70. The molecular formula is C10H2Cl3F3N2O2S. The summed E-state index contributed by atoms with van der Waals surface area (Å²) in [5.41, 5.74) is -0.878. The van der Waals surface area contributed by atoms with E-state index < -0.39 is 26.7 Å². The van der Waals surface area contributed by atoms with E-state index in [1.165, 1.54) is 0 Å². The van der Waals surface area contributed by atoms with Gasteiger partial charge in [-0.1, -0.05) is 34.8 Å². The van der Waals surface area contributed by atoms with Gasteiger partial charge in [-0.25, -0.2) is 0 Å². The van der Waals surface area contributed by atoms with Gasteiger partial charge in [0.2, 0.25) is 0 Å². The Balaban J connectivity index is 2.66. The number of aromatic nitrogens is 1. The number of nitro benzene ring substituents is 1. The smallest absolute Gasteiger partial charge is 0.258 e. The molecule has 0 aliphatic carbocycles. The molecule has 0 fully saturated rings. The maximum Gasteiger partial charge on any atom is 0.428 e. The third-order valence-corrected chi connectivity index (χ3v) is 4.37. The average molecular weight is 378 g/mol. The van der Waals surface area contributed by atoms with Gasteiger partial charge in [0.15, 0.2) is 0 Å². The molecule has 1 heterocycles. The lowest BCUT2D eigenvalue weighted by Gasteiger charge is -2.05. The van der Waals surface area contributed by atoms with E-state index in [1.54, 1.807) is 0 Å². The molecule has 21 heavy (non-hydrogen) atoms. The predicted molar refractivity (Wildman–Crippen MR) is 74.2 cm³/mol. The Labute approximate surface area is 134 Å². The largest absolute Gasteiger partial charge is 0.428 e. The van der Waals surface area contributed by atoms with Crippen LogP contribution in [-0.2, 0) is 6.18 Å². The summed E-state index contributed by atoms with van der Waals surface area (Å²) in [5.74, 6) is 0. The lowest BCUT2D eigenvalue weighted by atomic mass is 10.1. The zero-order valence-electron chi connectivity index (χ0n) is 9.54. The lowest BCUT2D eigenvalue weighted by molar-refractivity contribution is -0.384. The van der Waals surface area contributed by atoms with Crippen molar-refractivity contribution >= 4 is 52.0 Å². The maximum absolute atomic E-state index is 12.7. The molecule has 0 saturated heterocycles. The van der Waals surface area contributed by atoms with Crippen LogP contribution in [0.5, 0.6) is 0 Å². The second-order valence-corrected chi connectivity index (χ2v) is 5.68. The molecule has 0 aliphatic heterocycles. The molecule has 0 N–H and O–H groups in total. The Kier molecular flexibility index (Phi) is 4.34. The van der Waals surface area contributed by atoms with Crippen LogP contribution in [0.1, 0.15) is 4.88 Å². The van der Waals surface area contributed by atoms with Gasteiger partial charge in [0.05, 0.1) is 15.0 Å². The summed E-state index contributed by atoms with van der Waals surface area (Å²) in [5, 5.41) is 9.82. The van der Waals surface area contributed by atoms with E-state index >= 15 is 0 Å². The maximum atomic E-state index is 12.7. The molecule has 1 aromatic carbocycles. The molecule has 2 rings (SSSR count). The summed E-state index contributed by atoms with van der Waals surface area (Å²) < 4.78 is 41.6. The van der Waals surface area contributed by atoms with Gasteiger partial charge in [-0.2, -0.15) is 17.5 Å². The zero-order valence-corrected chi connectivity index (χ0v) is 12.6. The van der Waals surface area contributed by atoms with Crippen molar-refractivity contribution in [1.82, 2.24) is 4.37 Å². The molecule has 11 heteroatoms. The molecule has 4 nitrogen and oxygen atoms in total. The number of alkyl halides is 3. The summed E-state index contributed by atoms with van der Waals surface area (Å²) >= 11 is 17.3. The van der Waals surface area contributed by atoms with Crippen molar-refractivity contribution in [2.45, 2.75) is 6.18 Å².